The molecule has 5 nitrogen and oxygen atoms in total. The highest BCUT2D eigenvalue weighted by atomic mass is 16.5. The second kappa shape index (κ2) is 8.94. The molecule has 156 valence electrons. The van der Waals surface area contributed by atoms with E-state index in [0.717, 1.165) is 16.7 Å². The number of fused-ring (bicyclic) bond motifs is 1. The number of carbonyl (C=O) groups excluding carboxylic acids is 2. The normalized spacial score (nSPS) is 22.8. The summed E-state index contributed by atoms with van der Waals surface area (Å²) in [5, 5.41) is 10.6. The lowest BCUT2D eigenvalue weighted by Crippen LogP contribution is -2.39. The van der Waals surface area contributed by atoms with E-state index in [1.54, 1.807) is 0 Å². The fourth-order valence-corrected chi connectivity index (χ4v) is 4.27. The summed E-state index contributed by atoms with van der Waals surface area (Å²) in [5.74, 6) is -0.904. The van der Waals surface area contributed by atoms with E-state index >= 15 is 0 Å². The maximum Gasteiger partial charge on any atom is 0.233 e. The number of aliphatic hydroxyl groups is 1. The molecule has 1 aliphatic heterocycles. The summed E-state index contributed by atoms with van der Waals surface area (Å²) in [7, 11) is 0. The Morgan fingerprint density at radius 3 is 2.10 bits per heavy atom. The molecular weight excluding hydrogens is 378 g/mol. The van der Waals surface area contributed by atoms with Gasteiger partial charge in [-0.2, -0.15) is 0 Å². The lowest BCUT2D eigenvalue weighted by Gasteiger charge is -2.23. The summed E-state index contributed by atoms with van der Waals surface area (Å²) in [6, 6.07) is 17.9. The number of aryl methyl sites for hydroxylation is 1. The number of imide groups is 1. The molecule has 5 heteroatoms. The number of likely N-dealkylation sites (tertiary alicyclic amines) is 1. The minimum Gasteiger partial charge on any atom is -0.389 e. The van der Waals surface area contributed by atoms with Crippen molar-refractivity contribution < 1.29 is 19.4 Å². The molecule has 1 heterocycles. The molecule has 2 aromatic rings. The van der Waals surface area contributed by atoms with Crippen molar-refractivity contribution in [2.45, 2.75) is 32.0 Å². The van der Waals surface area contributed by atoms with E-state index in [0.29, 0.717) is 12.8 Å². The van der Waals surface area contributed by atoms with Gasteiger partial charge in [-0.05, 0) is 30.9 Å². The van der Waals surface area contributed by atoms with Crippen LogP contribution in [-0.4, -0.2) is 41.1 Å². The van der Waals surface area contributed by atoms with E-state index in [9.17, 15) is 14.7 Å². The van der Waals surface area contributed by atoms with Crippen LogP contribution >= 0.6 is 0 Å². The molecule has 1 fully saturated rings. The maximum atomic E-state index is 12.6. The van der Waals surface area contributed by atoms with Gasteiger partial charge in [0.05, 0.1) is 31.1 Å². The first kappa shape index (κ1) is 20.5. The predicted molar refractivity (Wildman–Crippen MR) is 113 cm³/mol. The van der Waals surface area contributed by atoms with Crippen LogP contribution in [-0.2, 0) is 14.3 Å². The summed E-state index contributed by atoms with van der Waals surface area (Å²) in [4.78, 5) is 26.5. The number of ether oxygens (including phenoxy) is 1. The maximum absolute atomic E-state index is 12.6. The van der Waals surface area contributed by atoms with Gasteiger partial charge in [0, 0.05) is 0 Å². The molecule has 4 rings (SSSR count). The molecule has 2 aromatic carbocycles. The van der Waals surface area contributed by atoms with Crippen LogP contribution in [0.1, 0.15) is 35.6 Å². The summed E-state index contributed by atoms with van der Waals surface area (Å²) in [6.07, 6.45) is 3.84. The smallest absolute Gasteiger partial charge is 0.233 e. The number of hydrogen-bond donors (Lipinski definition) is 1. The van der Waals surface area contributed by atoms with Crippen molar-refractivity contribution in [1.29, 1.82) is 0 Å². The molecule has 1 N–H and O–H groups in total. The Labute approximate surface area is 177 Å². The molecule has 2 amide bonds. The quantitative estimate of drug-likeness (QED) is 0.566. The SMILES string of the molecule is Cc1ccc([C@@H](OC[C@@H](O)CN2C(=O)[C@H]3CC=CC[C@H]3C2=O)c2ccccc2)cc1. The van der Waals surface area contributed by atoms with Crippen LogP contribution in [0.4, 0.5) is 0 Å². The number of benzene rings is 2. The Kier molecular flexibility index (Phi) is 6.11. The molecule has 4 atom stereocenters. The minimum atomic E-state index is -0.942. The Hall–Kier alpha value is -2.76. The standard InChI is InChI=1S/C25H27NO4/c1-17-11-13-19(14-12-17)23(18-7-3-2-4-8-18)30-16-20(27)15-26-24(28)21-9-5-6-10-22(21)25(26)29/h2-8,11-14,20-23,27H,9-10,15-16H2,1H3/t20-,21-,22+,23-/m0/s1. The number of rotatable bonds is 7. The average Bonchev–Trinajstić information content (AvgIpc) is 3.01. The van der Waals surface area contributed by atoms with Gasteiger partial charge in [0.15, 0.2) is 0 Å². The fourth-order valence-electron chi connectivity index (χ4n) is 4.27. The van der Waals surface area contributed by atoms with Crippen molar-refractivity contribution >= 4 is 11.8 Å². The zero-order chi connectivity index (χ0) is 21.1. The minimum absolute atomic E-state index is 0.0259. The third-order valence-corrected chi connectivity index (χ3v) is 5.93. The van der Waals surface area contributed by atoms with Gasteiger partial charge in [-0.1, -0.05) is 72.3 Å². The molecule has 0 unspecified atom stereocenters. The number of aliphatic hydroxyl groups excluding tert-OH is 1. The third-order valence-electron chi connectivity index (χ3n) is 5.93. The molecule has 0 bridgehead atoms. The predicted octanol–water partition coefficient (Wildman–Crippen LogP) is 3.41. The van der Waals surface area contributed by atoms with Crippen LogP contribution in [0.3, 0.4) is 0 Å². The van der Waals surface area contributed by atoms with Crippen molar-refractivity contribution in [2.75, 3.05) is 13.2 Å². The number of hydrogen-bond acceptors (Lipinski definition) is 4. The van der Waals surface area contributed by atoms with E-state index in [2.05, 4.69) is 0 Å². The third kappa shape index (κ3) is 4.23. The van der Waals surface area contributed by atoms with Gasteiger partial charge in [0.1, 0.15) is 6.10 Å². The molecule has 30 heavy (non-hydrogen) atoms. The van der Waals surface area contributed by atoms with Gasteiger partial charge in [0.2, 0.25) is 11.8 Å². The van der Waals surface area contributed by atoms with Crippen LogP contribution in [0.15, 0.2) is 66.7 Å². The van der Waals surface area contributed by atoms with Crippen LogP contribution in [0.25, 0.3) is 0 Å². The lowest BCUT2D eigenvalue weighted by atomic mass is 9.85. The number of carbonyl (C=O) groups is 2. The molecule has 2 aliphatic rings. The highest BCUT2D eigenvalue weighted by Crippen LogP contribution is 2.35. The zero-order valence-electron chi connectivity index (χ0n) is 17.1. The van der Waals surface area contributed by atoms with E-state index in [1.165, 1.54) is 4.90 Å². The Bertz CT molecular complexity index is 896. The molecule has 0 saturated carbocycles. The summed E-state index contributed by atoms with van der Waals surface area (Å²) in [6.45, 7) is 2.03. The Balaban J connectivity index is 1.43. The van der Waals surface area contributed by atoms with Gasteiger partial charge in [-0.15, -0.1) is 0 Å². The second-order valence-corrected chi connectivity index (χ2v) is 8.13. The van der Waals surface area contributed by atoms with Gasteiger partial charge >= 0.3 is 0 Å². The number of amides is 2. The van der Waals surface area contributed by atoms with Crippen LogP contribution in [0.2, 0.25) is 0 Å². The first-order chi connectivity index (χ1) is 14.5. The zero-order valence-corrected chi connectivity index (χ0v) is 17.1. The highest BCUT2D eigenvalue weighted by molar-refractivity contribution is 6.05. The van der Waals surface area contributed by atoms with E-state index in [4.69, 9.17) is 4.74 Å². The Morgan fingerprint density at radius 1 is 0.933 bits per heavy atom. The number of nitrogens with zero attached hydrogens (tertiary/aromatic N) is 1. The second-order valence-electron chi connectivity index (χ2n) is 8.13. The van der Waals surface area contributed by atoms with Crippen molar-refractivity contribution in [2.24, 2.45) is 11.8 Å². The summed E-state index contributed by atoms with van der Waals surface area (Å²) < 4.78 is 6.10. The number of β-amino-alcohol motifs (C(OH)–C–C–N with tert-alkyl or cyclic N) is 1. The van der Waals surface area contributed by atoms with Crippen molar-refractivity contribution in [3.8, 4) is 0 Å². The summed E-state index contributed by atoms with van der Waals surface area (Å²) in [5.41, 5.74) is 3.14. The number of allylic oxidation sites excluding steroid dienone is 2. The molecule has 1 saturated heterocycles. The van der Waals surface area contributed by atoms with Crippen molar-refractivity contribution in [3.63, 3.8) is 0 Å². The molecule has 1 aliphatic carbocycles. The summed E-state index contributed by atoms with van der Waals surface area (Å²) >= 11 is 0. The molecular formula is C25H27NO4. The van der Waals surface area contributed by atoms with Crippen LogP contribution in [0, 0.1) is 18.8 Å². The van der Waals surface area contributed by atoms with E-state index in [-0.39, 0.29) is 42.9 Å². The first-order valence-electron chi connectivity index (χ1n) is 10.5. The topological polar surface area (TPSA) is 66.8 Å². The van der Waals surface area contributed by atoms with E-state index < -0.39 is 6.10 Å². The molecule has 0 radical (unpaired) electrons. The van der Waals surface area contributed by atoms with Crippen molar-refractivity contribution in [1.82, 2.24) is 4.90 Å². The highest BCUT2D eigenvalue weighted by Gasteiger charge is 2.47. The molecule has 0 aromatic heterocycles. The first-order valence-corrected chi connectivity index (χ1v) is 10.5. The van der Waals surface area contributed by atoms with Crippen molar-refractivity contribution in [3.05, 3.63) is 83.4 Å². The van der Waals surface area contributed by atoms with Gasteiger partial charge in [0.25, 0.3) is 0 Å². The van der Waals surface area contributed by atoms with Gasteiger partial charge in [-0.3, -0.25) is 14.5 Å². The monoisotopic (exact) mass is 405 g/mol. The molecule has 0 spiro atoms. The van der Waals surface area contributed by atoms with Gasteiger partial charge in [-0.25, -0.2) is 0 Å². The van der Waals surface area contributed by atoms with Gasteiger partial charge < -0.3 is 9.84 Å². The van der Waals surface area contributed by atoms with Crippen LogP contribution < -0.4 is 0 Å². The van der Waals surface area contributed by atoms with E-state index in [1.807, 2.05) is 73.7 Å². The average molecular weight is 405 g/mol. The lowest BCUT2D eigenvalue weighted by molar-refractivity contribution is -0.142. The van der Waals surface area contributed by atoms with Crippen LogP contribution in [0.5, 0.6) is 0 Å². The Morgan fingerprint density at radius 2 is 1.50 bits per heavy atom. The fraction of sp³-hybridized carbons (Fsp3) is 0.360. The largest absolute Gasteiger partial charge is 0.389 e.